The van der Waals surface area contributed by atoms with Gasteiger partial charge in [-0.15, -0.1) is 0 Å². The fourth-order valence-electron chi connectivity index (χ4n) is 7.93. The fraction of sp³-hybridized carbons (Fsp3) is 0.979. The van der Waals surface area contributed by atoms with E-state index in [1.807, 2.05) is 0 Å². The van der Waals surface area contributed by atoms with E-state index in [4.69, 9.17) is 0 Å². The Morgan fingerprint density at radius 3 is 0.725 bits per heavy atom. The first-order valence-corrected chi connectivity index (χ1v) is 23.6. The van der Waals surface area contributed by atoms with Crippen LogP contribution in [0.15, 0.2) is 0 Å². The van der Waals surface area contributed by atoms with Crippen molar-refractivity contribution in [3.63, 3.8) is 0 Å². The topological polar surface area (TPSA) is 43.4 Å². The molecule has 0 saturated heterocycles. The normalized spacial score (nSPS) is 12.1. The summed E-state index contributed by atoms with van der Waals surface area (Å²) < 4.78 is 0. The largest absolute Gasteiger partial charge is 1.00 e. The van der Waals surface area contributed by atoms with Crippen molar-refractivity contribution in [2.75, 3.05) is 13.1 Å². The first-order chi connectivity index (χ1) is 24.7. The van der Waals surface area contributed by atoms with E-state index in [-0.39, 0.29) is 29.6 Å². The van der Waals surface area contributed by atoms with Gasteiger partial charge in [-0.2, -0.15) is 0 Å². The molecule has 1 atom stereocenters. The van der Waals surface area contributed by atoms with Gasteiger partial charge in [-0.1, -0.05) is 258 Å². The molecule has 51 heavy (non-hydrogen) atoms. The molecule has 0 aliphatic heterocycles. The maximum Gasteiger partial charge on any atom is 1.00 e. The average Bonchev–Trinajstić information content (AvgIpc) is 3.11. The monoisotopic (exact) mass is 728 g/mol. The summed E-state index contributed by atoms with van der Waals surface area (Å²) in [5.74, 6) is -0.859. The van der Waals surface area contributed by atoms with Crippen molar-refractivity contribution in [1.29, 1.82) is 0 Å². The predicted molar refractivity (Wildman–Crippen MR) is 222 cm³/mol. The second-order valence-corrected chi connectivity index (χ2v) is 16.4. The molecule has 0 spiro atoms. The molecule has 1 unspecified atom stereocenters. The smallest absolute Gasteiger partial charge is 0.548 e. The third kappa shape index (κ3) is 41.4. The number of nitrogens with zero attached hydrogens (tertiary/aromatic N) is 1. The van der Waals surface area contributed by atoms with Crippen LogP contribution in [0, 0.1) is 0 Å². The third-order valence-corrected chi connectivity index (χ3v) is 11.4. The van der Waals surface area contributed by atoms with Gasteiger partial charge < -0.3 is 9.90 Å². The molecule has 0 heterocycles. The van der Waals surface area contributed by atoms with Crippen LogP contribution in [0.2, 0.25) is 0 Å². The summed E-state index contributed by atoms with van der Waals surface area (Å²) in [7, 11) is 0. The van der Waals surface area contributed by atoms with Gasteiger partial charge in [0.25, 0.3) is 0 Å². The summed E-state index contributed by atoms with van der Waals surface area (Å²) in [5.41, 5.74) is 0. The summed E-state index contributed by atoms with van der Waals surface area (Å²) in [6, 6.07) is -0.397. The minimum Gasteiger partial charge on any atom is -0.548 e. The molecular formula is C47H94NNaO2. The van der Waals surface area contributed by atoms with Gasteiger partial charge in [0, 0.05) is 6.04 Å². The van der Waals surface area contributed by atoms with E-state index in [9.17, 15) is 9.90 Å². The van der Waals surface area contributed by atoms with E-state index in [1.165, 1.54) is 231 Å². The zero-order valence-corrected chi connectivity index (χ0v) is 38.0. The number of carbonyl (C=O) groups excluding carboxylic acids is 1. The van der Waals surface area contributed by atoms with E-state index in [0.717, 1.165) is 38.8 Å². The van der Waals surface area contributed by atoms with Gasteiger partial charge >= 0.3 is 29.6 Å². The number of hydrogen-bond acceptors (Lipinski definition) is 3. The Balaban J connectivity index is 0. The Labute approximate surface area is 345 Å². The van der Waals surface area contributed by atoms with Crippen molar-refractivity contribution >= 4 is 5.97 Å². The van der Waals surface area contributed by atoms with Crippen molar-refractivity contribution in [2.45, 2.75) is 284 Å². The minimum absolute atomic E-state index is 0. The van der Waals surface area contributed by atoms with Crippen molar-refractivity contribution in [3.05, 3.63) is 0 Å². The minimum atomic E-state index is -0.859. The van der Waals surface area contributed by atoms with Gasteiger partial charge in [-0.3, -0.25) is 4.90 Å². The average molecular weight is 728 g/mol. The van der Waals surface area contributed by atoms with Gasteiger partial charge in [0.2, 0.25) is 0 Å². The molecule has 0 aliphatic carbocycles. The molecule has 0 N–H and O–H groups in total. The number of aliphatic carboxylic acids is 1. The molecule has 300 valence electrons. The zero-order chi connectivity index (χ0) is 36.4. The van der Waals surface area contributed by atoms with Crippen LogP contribution < -0.4 is 34.7 Å². The summed E-state index contributed by atoms with van der Waals surface area (Å²) in [4.78, 5) is 14.2. The Morgan fingerprint density at radius 2 is 0.549 bits per heavy atom. The molecule has 0 saturated carbocycles. The Bertz CT molecular complexity index is 602. The van der Waals surface area contributed by atoms with Gasteiger partial charge in [0.05, 0.1) is 5.97 Å². The Morgan fingerprint density at radius 1 is 0.353 bits per heavy atom. The Kier molecular flexibility index (Phi) is 48.9. The number of carbonyl (C=O) groups is 1. The molecule has 0 amide bonds. The second kappa shape index (κ2) is 46.6. The van der Waals surface area contributed by atoms with Gasteiger partial charge in [0.15, 0.2) is 0 Å². The molecule has 0 bridgehead atoms. The molecule has 0 fully saturated rings. The number of rotatable bonds is 44. The SMILES string of the molecule is CCCCCCCCCCCCCCCCCCCCCN(CCCCCCCCCCCCCCCCCCCCC)C(CCC)C(=O)[O-].[Na+]. The maximum atomic E-state index is 12.0. The van der Waals surface area contributed by atoms with Gasteiger partial charge in [0.1, 0.15) is 0 Å². The zero-order valence-electron chi connectivity index (χ0n) is 36.0. The van der Waals surface area contributed by atoms with Crippen molar-refractivity contribution in [1.82, 2.24) is 4.90 Å². The summed E-state index contributed by atoms with van der Waals surface area (Å²) in [6.07, 6.45) is 54.5. The molecule has 0 radical (unpaired) electrons. The van der Waals surface area contributed by atoms with Crippen molar-refractivity contribution < 1.29 is 39.5 Å². The van der Waals surface area contributed by atoms with E-state index < -0.39 is 12.0 Å². The van der Waals surface area contributed by atoms with Crippen LogP contribution in [0.3, 0.4) is 0 Å². The van der Waals surface area contributed by atoms with Crippen LogP contribution in [0.1, 0.15) is 278 Å². The number of hydrogen-bond donors (Lipinski definition) is 0. The van der Waals surface area contributed by atoms with Gasteiger partial charge in [-0.05, 0) is 32.4 Å². The molecule has 0 aromatic carbocycles. The van der Waals surface area contributed by atoms with Crippen LogP contribution >= 0.6 is 0 Å². The van der Waals surface area contributed by atoms with Gasteiger partial charge in [-0.25, -0.2) is 0 Å². The molecular weight excluding hydrogens is 634 g/mol. The predicted octanol–water partition coefficient (Wildman–Crippen LogP) is 12.1. The van der Waals surface area contributed by atoms with E-state index in [2.05, 4.69) is 25.7 Å². The Hall–Kier alpha value is 0.430. The summed E-state index contributed by atoms with van der Waals surface area (Å²) in [5, 5.41) is 12.0. The summed E-state index contributed by atoms with van der Waals surface area (Å²) in [6.45, 7) is 8.55. The third-order valence-electron chi connectivity index (χ3n) is 11.4. The number of carboxylic acids is 1. The van der Waals surface area contributed by atoms with Crippen LogP contribution in [0.4, 0.5) is 0 Å². The molecule has 0 aromatic rings. The van der Waals surface area contributed by atoms with E-state index in [0.29, 0.717) is 0 Å². The van der Waals surface area contributed by atoms with Crippen LogP contribution in [-0.2, 0) is 4.79 Å². The number of unbranched alkanes of at least 4 members (excludes halogenated alkanes) is 36. The van der Waals surface area contributed by atoms with Crippen LogP contribution in [-0.4, -0.2) is 30.0 Å². The quantitative estimate of drug-likeness (QED) is 0.0464. The molecule has 0 aromatic heterocycles. The van der Waals surface area contributed by atoms with E-state index in [1.54, 1.807) is 0 Å². The molecule has 4 heteroatoms. The van der Waals surface area contributed by atoms with Crippen LogP contribution in [0.25, 0.3) is 0 Å². The maximum absolute atomic E-state index is 12.0. The first kappa shape index (κ1) is 53.5. The van der Waals surface area contributed by atoms with Crippen molar-refractivity contribution in [2.24, 2.45) is 0 Å². The number of carboxylic acid groups (broad SMARTS) is 1. The molecule has 0 rings (SSSR count). The van der Waals surface area contributed by atoms with Crippen molar-refractivity contribution in [3.8, 4) is 0 Å². The standard InChI is InChI=1S/C47H95NO2.Na/c1-4-7-9-11-13-15-17-19-21-23-25-27-29-31-33-35-37-39-41-44-48(46(43-6-3)47(49)50)45-42-40-38-36-34-32-30-28-26-24-22-20-18-16-14-12-10-8-5-2;/h46H,4-45H2,1-3H3,(H,49,50);/q;+1/p-1. The summed E-state index contributed by atoms with van der Waals surface area (Å²) >= 11 is 0. The van der Waals surface area contributed by atoms with E-state index >= 15 is 0 Å². The van der Waals surface area contributed by atoms with Crippen LogP contribution in [0.5, 0.6) is 0 Å². The first-order valence-electron chi connectivity index (χ1n) is 23.6. The second-order valence-electron chi connectivity index (χ2n) is 16.4. The molecule has 3 nitrogen and oxygen atoms in total. The molecule has 0 aliphatic rings. The fourth-order valence-corrected chi connectivity index (χ4v) is 7.93.